The van der Waals surface area contributed by atoms with Crippen LogP contribution < -0.4 is 5.32 Å². The number of hydrogen-bond acceptors (Lipinski definition) is 3. The van der Waals surface area contributed by atoms with Gasteiger partial charge in [0.05, 0.1) is 22.9 Å². The van der Waals surface area contributed by atoms with Crippen LogP contribution in [0.2, 0.25) is 0 Å². The third kappa shape index (κ3) is 6.55. The van der Waals surface area contributed by atoms with Gasteiger partial charge in [0.2, 0.25) is 0 Å². The maximum Gasteiger partial charge on any atom is 0.416 e. The fraction of sp³-hybridized carbons (Fsp3) is 0.292. The van der Waals surface area contributed by atoms with Crippen LogP contribution >= 0.6 is 0 Å². The number of halogens is 8. The van der Waals surface area contributed by atoms with E-state index in [1.54, 1.807) is 30.3 Å². The van der Waals surface area contributed by atoms with E-state index < -0.39 is 54.2 Å². The summed E-state index contributed by atoms with van der Waals surface area (Å²) < 4.78 is 107. The molecule has 11 heteroatoms. The van der Waals surface area contributed by atoms with Crippen LogP contribution in [0.5, 0.6) is 0 Å². The van der Waals surface area contributed by atoms with Gasteiger partial charge in [0.1, 0.15) is 11.6 Å². The number of nitrogens with one attached hydrogen (secondary N) is 1. The molecule has 3 nitrogen and oxygen atoms in total. The van der Waals surface area contributed by atoms with Gasteiger partial charge in [0, 0.05) is 13.1 Å². The highest BCUT2D eigenvalue weighted by Crippen LogP contribution is 2.39. The Balaban J connectivity index is 2.19. The second-order valence-electron chi connectivity index (χ2n) is 8.02. The molecule has 0 radical (unpaired) electrons. The predicted octanol–water partition coefficient (Wildman–Crippen LogP) is 5.42. The van der Waals surface area contributed by atoms with Crippen molar-refractivity contribution in [1.82, 2.24) is 10.3 Å². The van der Waals surface area contributed by atoms with E-state index in [1.165, 1.54) is 6.07 Å². The quantitative estimate of drug-likeness (QED) is 0.403. The maximum absolute atomic E-state index is 14.4. The highest BCUT2D eigenvalue weighted by Gasteiger charge is 2.41. The molecule has 0 aliphatic carbocycles. The van der Waals surface area contributed by atoms with Crippen molar-refractivity contribution in [2.75, 3.05) is 13.1 Å². The van der Waals surface area contributed by atoms with Gasteiger partial charge in [0.25, 0.3) is 0 Å². The van der Waals surface area contributed by atoms with E-state index in [4.69, 9.17) is 0 Å². The summed E-state index contributed by atoms with van der Waals surface area (Å²) in [4.78, 5) is 3.99. The highest BCUT2D eigenvalue weighted by molar-refractivity contribution is 5.42. The number of aromatic nitrogens is 1. The molecule has 2 atom stereocenters. The van der Waals surface area contributed by atoms with Gasteiger partial charge < -0.3 is 10.4 Å². The number of benzene rings is 2. The van der Waals surface area contributed by atoms with Crippen molar-refractivity contribution in [3.05, 3.63) is 101 Å². The third-order valence-corrected chi connectivity index (χ3v) is 5.49. The Kier molecular flexibility index (Phi) is 7.80. The highest BCUT2D eigenvalue weighted by atomic mass is 19.4. The molecule has 0 bridgehead atoms. The second kappa shape index (κ2) is 10.3. The van der Waals surface area contributed by atoms with Crippen LogP contribution in [0.3, 0.4) is 0 Å². The predicted molar refractivity (Wildman–Crippen MR) is 111 cm³/mol. The maximum atomic E-state index is 14.4. The molecule has 0 fully saturated rings. The Bertz CT molecular complexity index is 1120. The molecule has 1 aromatic heterocycles. The summed E-state index contributed by atoms with van der Waals surface area (Å²) in [6, 6.07) is 12.2. The summed E-state index contributed by atoms with van der Waals surface area (Å²) in [7, 11) is 0. The standard InChI is InChI=1S/C24H20F8N2O/c25-18-6-7-20(34-12-18)22(11-15-4-2-1-3-5-15,14-33-13-21(35)24(30,31)32)16-8-17(23(27,28)29)10-19(26)9-16/h1-10,12,21,33,35H,11,13-14H2. The Morgan fingerprint density at radius 1 is 0.829 bits per heavy atom. The lowest BCUT2D eigenvalue weighted by Gasteiger charge is -2.35. The van der Waals surface area contributed by atoms with Gasteiger partial charge in [-0.3, -0.25) is 4.98 Å². The van der Waals surface area contributed by atoms with Crippen molar-refractivity contribution in [3.63, 3.8) is 0 Å². The van der Waals surface area contributed by atoms with Gasteiger partial charge in [-0.15, -0.1) is 0 Å². The Labute approximate surface area is 195 Å². The normalized spacial score (nSPS) is 15.0. The summed E-state index contributed by atoms with van der Waals surface area (Å²) >= 11 is 0. The number of aliphatic hydroxyl groups excluding tert-OH is 1. The average Bonchev–Trinajstić information content (AvgIpc) is 2.78. The van der Waals surface area contributed by atoms with E-state index >= 15 is 0 Å². The van der Waals surface area contributed by atoms with Gasteiger partial charge >= 0.3 is 12.4 Å². The largest absolute Gasteiger partial charge is 0.416 e. The number of aliphatic hydroxyl groups is 1. The van der Waals surface area contributed by atoms with E-state index in [-0.39, 0.29) is 17.7 Å². The van der Waals surface area contributed by atoms with Crippen molar-refractivity contribution in [3.8, 4) is 0 Å². The Hall–Kier alpha value is -3.05. The van der Waals surface area contributed by atoms with Crippen LogP contribution in [0, 0.1) is 11.6 Å². The van der Waals surface area contributed by atoms with Gasteiger partial charge in [0.15, 0.2) is 6.10 Å². The molecule has 0 spiro atoms. The summed E-state index contributed by atoms with van der Waals surface area (Å²) in [6.07, 6.45) is -11.9. The minimum Gasteiger partial charge on any atom is -0.382 e. The summed E-state index contributed by atoms with van der Waals surface area (Å²) in [6.45, 7) is -1.46. The molecule has 0 amide bonds. The molecule has 0 saturated carbocycles. The molecule has 2 N–H and O–H groups in total. The Morgan fingerprint density at radius 2 is 1.49 bits per heavy atom. The van der Waals surface area contributed by atoms with Gasteiger partial charge in [-0.1, -0.05) is 30.3 Å². The molecule has 3 aromatic rings. The van der Waals surface area contributed by atoms with E-state index in [0.717, 1.165) is 18.3 Å². The van der Waals surface area contributed by atoms with E-state index in [2.05, 4.69) is 10.3 Å². The lowest BCUT2D eigenvalue weighted by Crippen LogP contribution is -2.46. The minimum atomic E-state index is -4.94. The molecule has 188 valence electrons. The third-order valence-electron chi connectivity index (χ3n) is 5.49. The molecular formula is C24H20F8N2O. The average molecular weight is 504 g/mol. The molecule has 35 heavy (non-hydrogen) atoms. The molecule has 2 aromatic carbocycles. The minimum absolute atomic E-state index is 0.00419. The Morgan fingerprint density at radius 3 is 2.06 bits per heavy atom. The van der Waals surface area contributed by atoms with Crippen molar-refractivity contribution in [1.29, 1.82) is 0 Å². The van der Waals surface area contributed by atoms with Crippen LogP contribution in [0.15, 0.2) is 66.9 Å². The number of rotatable bonds is 8. The van der Waals surface area contributed by atoms with E-state index in [1.807, 2.05) is 0 Å². The molecule has 0 saturated heterocycles. The summed E-state index contributed by atoms with van der Waals surface area (Å²) in [5.74, 6) is -1.97. The molecule has 0 aliphatic heterocycles. The number of nitrogens with zero attached hydrogens (tertiary/aromatic N) is 1. The smallest absolute Gasteiger partial charge is 0.382 e. The van der Waals surface area contributed by atoms with Crippen molar-refractivity contribution in [2.24, 2.45) is 0 Å². The first-order valence-electron chi connectivity index (χ1n) is 10.3. The molecule has 3 rings (SSSR count). The number of pyridine rings is 1. The second-order valence-corrected chi connectivity index (χ2v) is 8.02. The summed E-state index contributed by atoms with van der Waals surface area (Å²) in [5, 5.41) is 11.8. The summed E-state index contributed by atoms with van der Waals surface area (Å²) in [5.41, 5.74) is -2.66. The first-order chi connectivity index (χ1) is 16.3. The van der Waals surface area contributed by atoms with Crippen LogP contribution in [0.4, 0.5) is 35.1 Å². The SMILES string of the molecule is OC(CNCC(Cc1ccccc1)(c1cc(F)cc(C(F)(F)F)c1)c1ccc(F)cn1)C(F)(F)F. The zero-order valence-corrected chi connectivity index (χ0v) is 18.0. The molecular weight excluding hydrogens is 484 g/mol. The fourth-order valence-corrected chi connectivity index (χ4v) is 3.77. The monoisotopic (exact) mass is 504 g/mol. The lowest BCUT2D eigenvalue weighted by atomic mass is 9.72. The van der Waals surface area contributed by atoms with Crippen molar-refractivity contribution in [2.45, 2.75) is 30.3 Å². The van der Waals surface area contributed by atoms with Gasteiger partial charge in [-0.05, 0) is 47.9 Å². The van der Waals surface area contributed by atoms with Crippen LogP contribution in [-0.2, 0) is 18.0 Å². The number of alkyl halides is 6. The zero-order chi connectivity index (χ0) is 25.9. The fourth-order valence-electron chi connectivity index (χ4n) is 3.77. The topological polar surface area (TPSA) is 45.1 Å². The van der Waals surface area contributed by atoms with Crippen molar-refractivity contribution < 1.29 is 40.2 Å². The molecule has 2 unspecified atom stereocenters. The zero-order valence-electron chi connectivity index (χ0n) is 18.0. The van der Waals surface area contributed by atoms with E-state index in [9.17, 15) is 40.2 Å². The molecule has 0 aliphatic rings. The van der Waals surface area contributed by atoms with E-state index in [0.29, 0.717) is 17.7 Å². The van der Waals surface area contributed by atoms with Gasteiger partial charge in [-0.2, -0.15) is 26.3 Å². The van der Waals surface area contributed by atoms with Crippen LogP contribution in [0.25, 0.3) is 0 Å². The van der Waals surface area contributed by atoms with Crippen LogP contribution in [0.1, 0.15) is 22.4 Å². The molecule has 1 heterocycles. The first-order valence-corrected chi connectivity index (χ1v) is 10.3. The van der Waals surface area contributed by atoms with Crippen molar-refractivity contribution >= 4 is 0 Å². The number of hydrogen-bond donors (Lipinski definition) is 2. The first kappa shape index (κ1) is 26.6. The lowest BCUT2D eigenvalue weighted by molar-refractivity contribution is -0.201. The van der Waals surface area contributed by atoms with Crippen LogP contribution in [-0.4, -0.2) is 35.5 Å². The van der Waals surface area contributed by atoms with Gasteiger partial charge in [-0.25, -0.2) is 8.78 Å².